The van der Waals surface area contributed by atoms with E-state index in [1.807, 2.05) is 25.7 Å². The van der Waals surface area contributed by atoms with Crippen LogP contribution in [0.4, 0.5) is 4.79 Å². The largest absolute Gasteiger partial charge is 0.444 e. The molecule has 5 rings (SSSR count). The molecule has 0 radical (unpaired) electrons. The fraction of sp³-hybridized carbons (Fsp3) is 0.481. The lowest BCUT2D eigenvalue weighted by Gasteiger charge is -2.40. The van der Waals surface area contributed by atoms with Gasteiger partial charge in [-0.15, -0.1) is 0 Å². The van der Waals surface area contributed by atoms with Crippen LogP contribution in [0.5, 0.6) is 0 Å². The van der Waals surface area contributed by atoms with Gasteiger partial charge in [0.15, 0.2) is 0 Å². The van der Waals surface area contributed by atoms with Crippen molar-refractivity contribution in [3.63, 3.8) is 0 Å². The minimum absolute atomic E-state index is 0.132. The van der Waals surface area contributed by atoms with Gasteiger partial charge in [0, 0.05) is 26.1 Å². The Bertz CT molecular complexity index is 989. The molecule has 0 aliphatic carbocycles. The Morgan fingerprint density at radius 2 is 1.56 bits per heavy atom. The number of rotatable bonds is 2. The highest BCUT2D eigenvalue weighted by Crippen LogP contribution is 2.51. The van der Waals surface area contributed by atoms with Crippen LogP contribution in [0.2, 0.25) is 0 Å². The summed E-state index contributed by atoms with van der Waals surface area (Å²) in [5, 5.41) is 0. The first-order valence-corrected chi connectivity index (χ1v) is 11.7. The number of fused-ring (bicyclic) bond motifs is 1. The predicted molar refractivity (Wildman–Crippen MR) is 127 cm³/mol. The molecule has 168 valence electrons. The molecule has 1 spiro atoms. The molecular formula is C27H33N3O2. The smallest absolute Gasteiger partial charge is 0.410 e. The molecule has 32 heavy (non-hydrogen) atoms. The van der Waals surface area contributed by atoms with E-state index in [4.69, 9.17) is 9.73 Å². The fourth-order valence-corrected chi connectivity index (χ4v) is 5.47. The molecule has 5 nitrogen and oxygen atoms in total. The number of nitrogens with zero attached hydrogens (tertiary/aromatic N) is 3. The third kappa shape index (κ3) is 4.01. The Morgan fingerprint density at radius 3 is 2.16 bits per heavy atom. The molecular weight excluding hydrogens is 398 g/mol. The lowest BCUT2D eigenvalue weighted by molar-refractivity contribution is 0.0103. The first kappa shape index (κ1) is 21.0. The van der Waals surface area contributed by atoms with Crippen LogP contribution in [0.15, 0.2) is 65.7 Å². The van der Waals surface area contributed by atoms with Crippen LogP contribution in [0.3, 0.4) is 0 Å². The van der Waals surface area contributed by atoms with Crippen LogP contribution in [0, 0.1) is 5.41 Å². The number of hydrogen-bond acceptors (Lipinski definition) is 4. The number of benzene rings is 2. The van der Waals surface area contributed by atoms with Crippen LogP contribution >= 0.6 is 0 Å². The Morgan fingerprint density at radius 1 is 0.969 bits per heavy atom. The molecule has 0 aromatic heterocycles. The molecule has 2 atom stereocenters. The number of amidine groups is 1. The van der Waals surface area contributed by atoms with Crippen LogP contribution in [0.1, 0.15) is 63.2 Å². The maximum absolute atomic E-state index is 12.5. The van der Waals surface area contributed by atoms with E-state index in [0.717, 1.165) is 38.9 Å². The van der Waals surface area contributed by atoms with Gasteiger partial charge in [-0.1, -0.05) is 60.7 Å². The Kier molecular flexibility index (Phi) is 5.23. The van der Waals surface area contributed by atoms with Crippen molar-refractivity contribution in [1.82, 2.24) is 9.80 Å². The summed E-state index contributed by atoms with van der Waals surface area (Å²) in [5.41, 5.74) is 2.35. The first-order chi connectivity index (χ1) is 15.3. The molecule has 0 unspecified atom stereocenters. The van der Waals surface area contributed by atoms with Crippen molar-refractivity contribution < 1.29 is 9.53 Å². The zero-order chi connectivity index (χ0) is 22.3. The normalized spacial score (nSPS) is 24.4. The topological polar surface area (TPSA) is 45.1 Å². The Hall–Kier alpha value is -2.82. The molecule has 2 aromatic rings. The number of amides is 1. The van der Waals surface area contributed by atoms with E-state index >= 15 is 0 Å². The van der Waals surface area contributed by atoms with Crippen LogP contribution < -0.4 is 0 Å². The van der Waals surface area contributed by atoms with Crippen molar-refractivity contribution in [2.24, 2.45) is 10.4 Å². The Labute approximate surface area is 191 Å². The second-order valence-electron chi connectivity index (χ2n) is 10.5. The van der Waals surface area contributed by atoms with Gasteiger partial charge in [0.25, 0.3) is 0 Å². The minimum Gasteiger partial charge on any atom is -0.444 e. The molecule has 0 bridgehead atoms. The lowest BCUT2D eigenvalue weighted by atomic mass is 9.77. The number of carbonyl (C=O) groups is 1. The molecule has 2 fully saturated rings. The van der Waals surface area contributed by atoms with Crippen LogP contribution in [-0.4, -0.2) is 47.0 Å². The van der Waals surface area contributed by atoms with Crippen molar-refractivity contribution in [3.05, 3.63) is 71.8 Å². The molecule has 2 saturated heterocycles. The van der Waals surface area contributed by atoms with Crippen LogP contribution in [0.25, 0.3) is 0 Å². The summed E-state index contributed by atoms with van der Waals surface area (Å²) < 4.78 is 5.59. The van der Waals surface area contributed by atoms with Crippen molar-refractivity contribution in [2.45, 2.75) is 57.7 Å². The summed E-state index contributed by atoms with van der Waals surface area (Å²) in [6, 6.07) is 21.8. The highest BCUT2D eigenvalue weighted by atomic mass is 16.6. The number of likely N-dealkylation sites (tertiary alicyclic amines) is 1. The van der Waals surface area contributed by atoms with Gasteiger partial charge in [-0.3, -0.25) is 4.99 Å². The molecule has 3 aliphatic rings. The predicted octanol–water partition coefficient (Wildman–Crippen LogP) is 5.60. The second-order valence-corrected chi connectivity index (χ2v) is 10.5. The molecule has 0 saturated carbocycles. The highest BCUT2D eigenvalue weighted by Gasteiger charge is 2.51. The summed E-state index contributed by atoms with van der Waals surface area (Å²) in [6.07, 6.45) is 2.81. The zero-order valence-electron chi connectivity index (χ0n) is 19.3. The quantitative estimate of drug-likeness (QED) is 0.621. The summed E-state index contributed by atoms with van der Waals surface area (Å²) in [6.45, 7) is 8.30. The highest BCUT2D eigenvalue weighted by molar-refractivity contribution is 5.88. The molecule has 3 aliphatic heterocycles. The summed E-state index contributed by atoms with van der Waals surface area (Å²) in [7, 11) is 0. The first-order valence-electron chi connectivity index (χ1n) is 11.7. The average molecular weight is 432 g/mol. The van der Waals surface area contributed by atoms with Crippen LogP contribution in [-0.2, 0) is 4.74 Å². The van der Waals surface area contributed by atoms with Gasteiger partial charge in [-0.25, -0.2) is 4.79 Å². The standard InChI is InChI=1S/C27H33N3O2/c1-26(2,3)32-25(31)29-16-14-27(15-17-29)18-22-28-23(20-10-6-4-7-11-20)24(30(22)19-27)21-12-8-5-9-13-21/h4-13,23-24H,14-19H2,1-3H3/t23-,24-/m0/s1. The Balaban J connectivity index is 1.36. The van der Waals surface area contributed by atoms with Gasteiger partial charge in [-0.2, -0.15) is 0 Å². The second kappa shape index (κ2) is 7.95. The number of piperidine rings is 1. The van der Waals surface area contributed by atoms with E-state index in [1.165, 1.54) is 17.0 Å². The van der Waals surface area contributed by atoms with E-state index in [1.54, 1.807) is 0 Å². The van der Waals surface area contributed by atoms with E-state index in [-0.39, 0.29) is 23.6 Å². The van der Waals surface area contributed by atoms with E-state index < -0.39 is 5.60 Å². The fourth-order valence-electron chi connectivity index (χ4n) is 5.47. The maximum Gasteiger partial charge on any atom is 0.410 e. The number of aliphatic imine (C=N–C) groups is 1. The molecule has 0 N–H and O–H groups in total. The number of carbonyl (C=O) groups excluding carboxylic acids is 1. The summed E-state index contributed by atoms with van der Waals surface area (Å²) in [5.74, 6) is 1.23. The van der Waals surface area contributed by atoms with E-state index in [2.05, 4.69) is 65.6 Å². The van der Waals surface area contributed by atoms with Gasteiger partial charge in [0.05, 0.1) is 6.04 Å². The SMILES string of the molecule is CC(C)(C)OC(=O)N1CCC2(CC1)CC1=N[C@@H](c3ccccc3)[C@H](c3ccccc3)N1C2. The number of hydrogen-bond donors (Lipinski definition) is 0. The van der Waals surface area contributed by atoms with Gasteiger partial charge < -0.3 is 14.5 Å². The van der Waals surface area contributed by atoms with Gasteiger partial charge in [0.1, 0.15) is 17.5 Å². The van der Waals surface area contributed by atoms with E-state index in [0.29, 0.717) is 0 Å². The van der Waals surface area contributed by atoms with Gasteiger partial charge >= 0.3 is 6.09 Å². The van der Waals surface area contributed by atoms with Gasteiger partial charge in [0.2, 0.25) is 0 Å². The van der Waals surface area contributed by atoms with Gasteiger partial charge in [-0.05, 0) is 50.2 Å². The third-order valence-electron chi connectivity index (χ3n) is 7.05. The third-order valence-corrected chi connectivity index (χ3v) is 7.05. The maximum atomic E-state index is 12.5. The zero-order valence-corrected chi connectivity index (χ0v) is 19.3. The lowest BCUT2D eigenvalue weighted by Crippen LogP contribution is -2.46. The molecule has 2 aromatic carbocycles. The van der Waals surface area contributed by atoms with Crippen molar-refractivity contribution in [2.75, 3.05) is 19.6 Å². The molecule has 5 heteroatoms. The monoisotopic (exact) mass is 431 g/mol. The van der Waals surface area contributed by atoms with Crippen molar-refractivity contribution >= 4 is 11.9 Å². The van der Waals surface area contributed by atoms with Crippen molar-refractivity contribution in [3.8, 4) is 0 Å². The minimum atomic E-state index is -0.452. The molecule has 3 heterocycles. The molecule has 1 amide bonds. The van der Waals surface area contributed by atoms with Crippen molar-refractivity contribution in [1.29, 1.82) is 0 Å². The number of ether oxygens (including phenoxy) is 1. The summed E-state index contributed by atoms with van der Waals surface area (Å²) >= 11 is 0. The average Bonchev–Trinajstić information content (AvgIpc) is 3.28. The van der Waals surface area contributed by atoms with E-state index in [9.17, 15) is 4.79 Å². The summed E-state index contributed by atoms with van der Waals surface area (Å²) in [4.78, 5) is 22.2.